The Morgan fingerprint density at radius 2 is 1.82 bits per heavy atom. The monoisotopic (exact) mass is 450 g/mol. The Kier molecular flexibility index (Phi) is 5.87. The van der Waals surface area contributed by atoms with Crippen LogP contribution in [0.15, 0.2) is 42.5 Å². The molecule has 33 heavy (non-hydrogen) atoms. The van der Waals surface area contributed by atoms with Crippen LogP contribution in [0, 0.1) is 30.9 Å². The molecule has 0 saturated heterocycles. The SMILES string of the molecule is Cc1cc(C(=O)OCC(=O)c2cc(C)n(Cc3ccc4c(c3)OCO4)c2C)ccc1[N+](=O)[O-]. The van der Waals surface area contributed by atoms with Crippen molar-refractivity contribution in [3.8, 4) is 11.5 Å². The van der Waals surface area contributed by atoms with Crippen LogP contribution in [0.25, 0.3) is 0 Å². The predicted molar refractivity (Wildman–Crippen MR) is 118 cm³/mol. The average Bonchev–Trinajstić information content (AvgIpc) is 3.36. The number of nitro benzene ring substituents is 1. The molecule has 1 aromatic heterocycles. The number of rotatable bonds is 7. The minimum atomic E-state index is -0.712. The zero-order valence-corrected chi connectivity index (χ0v) is 18.4. The fourth-order valence-electron chi connectivity index (χ4n) is 3.83. The van der Waals surface area contributed by atoms with Crippen LogP contribution in [-0.2, 0) is 11.3 Å². The molecule has 0 unspecified atom stereocenters. The number of hydrogen-bond acceptors (Lipinski definition) is 7. The summed E-state index contributed by atoms with van der Waals surface area (Å²) in [5.74, 6) is 0.364. The van der Waals surface area contributed by atoms with Crippen LogP contribution in [0.2, 0.25) is 0 Å². The maximum atomic E-state index is 12.8. The van der Waals surface area contributed by atoms with Gasteiger partial charge in [-0.3, -0.25) is 14.9 Å². The van der Waals surface area contributed by atoms with Gasteiger partial charge >= 0.3 is 5.97 Å². The molecule has 0 fully saturated rings. The third-order valence-corrected chi connectivity index (χ3v) is 5.62. The normalized spacial score (nSPS) is 12.0. The van der Waals surface area contributed by atoms with Gasteiger partial charge in [-0.1, -0.05) is 6.07 Å². The summed E-state index contributed by atoms with van der Waals surface area (Å²) < 4.78 is 18.0. The number of ether oxygens (including phenoxy) is 3. The largest absolute Gasteiger partial charge is 0.454 e. The second-order valence-electron chi connectivity index (χ2n) is 7.82. The fourth-order valence-corrected chi connectivity index (χ4v) is 3.83. The molecule has 0 aliphatic carbocycles. The minimum Gasteiger partial charge on any atom is -0.454 e. The van der Waals surface area contributed by atoms with Gasteiger partial charge < -0.3 is 18.8 Å². The molecule has 0 bridgehead atoms. The first-order valence-corrected chi connectivity index (χ1v) is 10.2. The number of aromatic nitrogens is 1. The third-order valence-electron chi connectivity index (χ3n) is 5.62. The van der Waals surface area contributed by atoms with E-state index in [0.29, 0.717) is 29.2 Å². The molecule has 170 valence electrons. The summed E-state index contributed by atoms with van der Waals surface area (Å²) in [4.78, 5) is 35.5. The van der Waals surface area contributed by atoms with Crippen molar-refractivity contribution >= 4 is 17.4 Å². The first-order chi connectivity index (χ1) is 15.7. The molecule has 9 nitrogen and oxygen atoms in total. The summed E-state index contributed by atoms with van der Waals surface area (Å²) in [7, 11) is 0. The number of esters is 1. The Bertz CT molecular complexity index is 1280. The molecule has 0 amide bonds. The van der Waals surface area contributed by atoms with E-state index in [9.17, 15) is 19.7 Å². The lowest BCUT2D eigenvalue weighted by Crippen LogP contribution is -2.15. The van der Waals surface area contributed by atoms with Crippen molar-refractivity contribution in [2.45, 2.75) is 27.3 Å². The minimum absolute atomic E-state index is 0.0856. The van der Waals surface area contributed by atoms with Gasteiger partial charge in [0.15, 0.2) is 18.1 Å². The second kappa shape index (κ2) is 8.78. The van der Waals surface area contributed by atoms with Crippen molar-refractivity contribution < 1.29 is 28.7 Å². The molecule has 3 aromatic rings. The lowest BCUT2D eigenvalue weighted by Gasteiger charge is -2.11. The molecule has 1 aliphatic rings. The van der Waals surface area contributed by atoms with Crippen LogP contribution in [0.1, 0.15) is 43.2 Å². The zero-order valence-electron chi connectivity index (χ0n) is 18.4. The van der Waals surface area contributed by atoms with Crippen LogP contribution in [-0.4, -0.2) is 34.6 Å². The average molecular weight is 450 g/mol. The molecule has 1 aliphatic heterocycles. The summed E-state index contributed by atoms with van der Waals surface area (Å²) in [5, 5.41) is 10.9. The van der Waals surface area contributed by atoms with E-state index in [1.165, 1.54) is 25.1 Å². The predicted octanol–water partition coefficient (Wildman–Crippen LogP) is 4.14. The number of carbonyl (C=O) groups excluding carboxylic acids is 2. The number of nitrogens with zero attached hydrogens (tertiary/aromatic N) is 2. The Balaban J connectivity index is 1.44. The van der Waals surface area contributed by atoms with Gasteiger partial charge in [-0.2, -0.15) is 0 Å². The molecule has 9 heteroatoms. The standard InChI is InChI=1S/C24H22N2O7/c1-14-8-18(5-6-20(14)26(29)30)24(28)31-12-21(27)19-9-15(2)25(16(19)3)11-17-4-7-22-23(10-17)33-13-32-22/h4-10H,11-13H2,1-3H3. The van der Waals surface area contributed by atoms with Gasteiger partial charge in [0.25, 0.3) is 5.69 Å². The lowest BCUT2D eigenvalue weighted by molar-refractivity contribution is -0.385. The van der Waals surface area contributed by atoms with Gasteiger partial charge in [0.1, 0.15) is 0 Å². The van der Waals surface area contributed by atoms with E-state index in [-0.39, 0.29) is 23.8 Å². The van der Waals surface area contributed by atoms with Crippen LogP contribution < -0.4 is 9.47 Å². The number of carbonyl (C=O) groups is 2. The summed E-state index contributed by atoms with van der Waals surface area (Å²) >= 11 is 0. The second-order valence-corrected chi connectivity index (χ2v) is 7.82. The summed E-state index contributed by atoms with van der Waals surface area (Å²) in [5.41, 5.74) is 3.54. The van der Waals surface area contributed by atoms with Gasteiger partial charge in [-0.15, -0.1) is 0 Å². The molecule has 2 heterocycles. The third kappa shape index (κ3) is 4.43. The van der Waals surface area contributed by atoms with Crippen molar-refractivity contribution in [2.24, 2.45) is 0 Å². The molecular formula is C24H22N2O7. The molecule has 0 atom stereocenters. The fraction of sp³-hybridized carbons (Fsp3) is 0.250. The topological polar surface area (TPSA) is 110 Å². The molecule has 0 radical (unpaired) electrons. The van der Waals surface area contributed by atoms with Crippen molar-refractivity contribution in [1.82, 2.24) is 4.57 Å². The van der Waals surface area contributed by atoms with Crippen LogP contribution in [0.3, 0.4) is 0 Å². The van der Waals surface area contributed by atoms with Crippen molar-refractivity contribution in [3.63, 3.8) is 0 Å². The summed E-state index contributed by atoms with van der Waals surface area (Å²) in [6.07, 6.45) is 0. The van der Waals surface area contributed by atoms with Crippen LogP contribution in [0.5, 0.6) is 11.5 Å². The number of ketones is 1. The maximum Gasteiger partial charge on any atom is 0.338 e. The van der Waals surface area contributed by atoms with E-state index in [1.807, 2.05) is 36.6 Å². The maximum absolute atomic E-state index is 12.8. The van der Waals surface area contributed by atoms with Crippen molar-refractivity contribution in [1.29, 1.82) is 0 Å². The molecule has 0 spiro atoms. The van der Waals surface area contributed by atoms with Crippen molar-refractivity contribution in [3.05, 3.63) is 86.2 Å². The van der Waals surface area contributed by atoms with Gasteiger partial charge in [0.2, 0.25) is 12.6 Å². The van der Waals surface area contributed by atoms with Gasteiger partial charge in [0, 0.05) is 35.1 Å². The van der Waals surface area contributed by atoms with Crippen molar-refractivity contribution in [2.75, 3.05) is 13.4 Å². The van der Waals surface area contributed by atoms with Gasteiger partial charge in [-0.05, 0) is 56.7 Å². The highest BCUT2D eigenvalue weighted by molar-refractivity contribution is 6.00. The van der Waals surface area contributed by atoms with Crippen LogP contribution >= 0.6 is 0 Å². The zero-order chi connectivity index (χ0) is 23.7. The molecular weight excluding hydrogens is 428 g/mol. The van der Waals surface area contributed by atoms with E-state index in [2.05, 4.69) is 0 Å². The van der Waals surface area contributed by atoms with Crippen LogP contribution in [0.4, 0.5) is 5.69 Å². The molecule has 4 rings (SSSR count). The number of benzene rings is 2. The highest BCUT2D eigenvalue weighted by atomic mass is 16.7. The van der Waals surface area contributed by atoms with Gasteiger partial charge in [0.05, 0.1) is 10.5 Å². The number of Topliss-reactive ketones (excluding diaryl/α,β-unsaturated/α-hetero) is 1. The number of hydrogen-bond donors (Lipinski definition) is 0. The molecule has 0 N–H and O–H groups in total. The highest BCUT2D eigenvalue weighted by Gasteiger charge is 2.20. The summed E-state index contributed by atoms with van der Waals surface area (Å²) in [6.45, 7) is 5.61. The molecule has 0 saturated carbocycles. The smallest absolute Gasteiger partial charge is 0.338 e. The first kappa shape index (κ1) is 22.1. The molecule has 2 aromatic carbocycles. The lowest BCUT2D eigenvalue weighted by atomic mass is 10.1. The van der Waals surface area contributed by atoms with E-state index in [4.69, 9.17) is 14.2 Å². The quantitative estimate of drug-likeness (QED) is 0.230. The Hall–Kier alpha value is -4.14. The number of aryl methyl sites for hydroxylation is 2. The Morgan fingerprint density at radius 1 is 1.06 bits per heavy atom. The van der Waals surface area contributed by atoms with E-state index in [1.54, 1.807) is 6.07 Å². The Morgan fingerprint density at radius 3 is 2.55 bits per heavy atom. The Labute approximate surface area is 189 Å². The number of fused-ring (bicyclic) bond motifs is 1. The summed E-state index contributed by atoms with van der Waals surface area (Å²) in [6, 6.07) is 11.4. The van der Waals surface area contributed by atoms with E-state index >= 15 is 0 Å². The van der Waals surface area contributed by atoms with E-state index in [0.717, 1.165) is 17.0 Å². The van der Waals surface area contributed by atoms with Gasteiger partial charge in [-0.25, -0.2) is 4.79 Å². The van der Waals surface area contributed by atoms with E-state index < -0.39 is 17.5 Å². The first-order valence-electron chi connectivity index (χ1n) is 10.2. The number of nitro groups is 1. The highest BCUT2D eigenvalue weighted by Crippen LogP contribution is 2.33.